The number of rotatable bonds is 3. The molecule has 0 saturated carbocycles. The fourth-order valence-corrected chi connectivity index (χ4v) is 7.60. The average Bonchev–Trinajstić information content (AvgIpc) is 3.62. The molecular weight excluding hydrogens is 547 g/mol. The summed E-state index contributed by atoms with van der Waals surface area (Å²) in [6, 6.07) is 50.8. The first kappa shape index (κ1) is 24.5. The Labute approximate surface area is 260 Å². The van der Waals surface area contributed by atoms with Gasteiger partial charge in [0.2, 0.25) is 0 Å². The number of nitrogens with zero attached hydrogens (tertiary/aromatic N) is 4. The lowest BCUT2D eigenvalue weighted by atomic mass is 9.48. The Bertz CT molecular complexity index is 2500. The maximum atomic E-state index is 4.76. The van der Waals surface area contributed by atoms with Gasteiger partial charge in [-0.3, -0.25) is 0 Å². The quantitative estimate of drug-likeness (QED) is 0.201. The van der Waals surface area contributed by atoms with E-state index in [1.165, 1.54) is 66.2 Å². The van der Waals surface area contributed by atoms with Gasteiger partial charge in [-0.05, 0) is 51.4 Å². The Balaban J connectivity index is 1.36. The van der Waals surface area contributed by atoms with E-state index in [-0.39, 0.29) is 6.85 Å². The first-order valence-corrected chi connectivity index (χ1v) is 15.4. The average molecular weight is 572 g/mol. The molecule has 0 aliphatic carbocycles. The zero-order chi connectivity index (χ0) is 29.5. The summed E-state index contributed by atoms with van der Waals surface area (Å²) in [7, 11) is 0. The molecule has 1 aliphatic heterocycles. The second-order valence-electron chi connectivity index (χ2n) is 11.9. The monoisotopic (exact) mass is 572 g/mol. The summed E-state index contributed by atoms with van der Waals surface area (Å²) in [6.07, 6.45) is 3.60. The van der Waals surface area contributed by atoms with Gasteiger partial charge in [-0.1, -0.05) is 121 Å². The lowest BCUT2D eigenvalue weighted by molar-refractivity contribution is 1.14. The number of fused-ring (bicyclic) bond motifs is 8. The topological polar surface area (TPSA) is 35.6 Å². The van der Waals surface area contributed by atoms with Crippen molar-refractivity contribution in [2.45, 2.75) is 0 Å². The maximum Gasteiger partial charge on any atom is 0.332 e. The smallest absolute Gasteiger partial charge is 0.332 e. The number of para-hydroxylation sites is 2. The third kappa shape index (κ3) is 3.43. The van der Waals surface area contributed by atoms with Gasteiger partial charge in [0.25, 0.3) is 0 Å². The molecule has 4 nitrogen and oxygen atoms in total. The van der Waals surface area contributed by atoms with Gasteiger partial charge in [0.1, 0.15) is 6.33 Å². The van der Waals surface area contributed by atoms with Crippen molar-refractivity contribution in [1.29, 1.82) is 0 Å². The number of hydrogen-bond acceptors (Lipinski definition) is 2. The molecule has 208 valence electrons. The highest BCUT2D eigenvalue weighted by Crippen LogP contribution is 2.37. The fraction of sp³-hybridized carbons (Fsp3) is 0. The van der Waals surface area contributed by atoms with E-state index in [0.29, 0.717) is 0 Å². The summed E-state index contributed by atoms with van der Waals surface area (Å²) in [6.45, 7) is -0.0493. The predicted octanol–water partition coefficient (Wildman–Crippen LogP) is 7.98. The van der Waals surface area contributed by atoms with Crippen LogP contribution in [-0.4, -0.2) is 25.9 Å². The molecular formula is C40H25BN4. The Kier molecular flexibility index (Phi) is 5.05. The van der Waals surface area contributed by atoms with Gasteiger partial charge in [0.05, 0.1) is 22.7 Å². The van der Waals surface area contributed by atoms with Crippen LogP contribution in [-0.2, 0) is 0 Å². The van der Waals surface area contributed by atoms with Crippen LogP contribution >= 0.6 is 0 Å². The molecule has 0 spiro atoms. The van der Waals surface area contributed by atoms with E-state index in [1.807, 2.05) is 6.20 Å². The van der Waals surface area contributed by atoms with E-state index in [0.717, 1.165) is 16.4 Å². The van der Waals surface area contributed by atoms with E-state index >= 15 is 0 Å². The van der Waals surface area contributed by atoms with Crippen LogP contribution in [0.5, 0.6) is 0 Å². The highest BCUT2D eigenvalue weighted by Gasteiger charge is 2.36. The number of aromatic nitrogens is 4. The molecule has 3 aromatic heterocycles. The Morgan fingerprint density at radius 1 is 0.489 bits per heavy atom. The van der Waals surface area contributed by atoms with Crippen molar-refractivity contribution in [3.8, 4) is 27.9 Å². The van der Waals surface area contributed by atoms with E-state index in [1.54, 1.807) is 6.33 Å². The summed E-state index contributed by atoms with van der Waals surface area (Å²) in [4.78, 5) is 9.19. The zero-order valence-corrected chi connectivity index (χ0v) is 24.3. The van der Waals surface area contributed by atoms with E-state index in [9.17, 15) is 0 Å². The van der Waals surface area contributed by atoms with Crippen molar-refractivity contribution >= 4 is 61.5 Å². The predicted molar refractivity (Wildman–Crippen MR) is 187 cm³/mol. The zero-order valence-electron chi connectivity index (χ0n) is 24.3. The summed E-state index contributed by atoms with van der Waals surface area (Å²) in [5.74, 6) is 0. The molecule has 0 fully saturated rings. The highest BCUT2D eigenvalue weighted by molar-refractivity contribution is 6.88. The normalized spacial score (nSPS) is 12.4. The minimum absolute atomic E-state index is 0.0493. The largest absolute Gasteiger partial charge is 0.376 e. The molecule has 4 heterocycles. The molecule has 0 N–H and O–H groups in total. The first-order chi connectivity index (χ1) is 22.3. The Morgan fingerprint density at radius 3 is 1.80 bits per heavy atom. The number of benzene rings is 6. The van der Waals surface area contributed by atoms with E-state index in [2.05, 4.69) is 154 Å². The van der Waals surface area contributed by atoms with Crippen molar-refractivity contribution < 1.29 is 0 Å². The lowest BCUT2D eigenvalue weighted by Gasteiger charge is -2.28. The van der Waals surface area contributed by atoms with Crippen LogP contribution in [0.15, 0.2) is 152 Å². The van der Waals surface area contributed by atoms with Crippen LogP contribution in [0.25, 0.3) is 71.7 Å². The van der Waals surface area contributed by atoms with Crippen LogP contribution in [0.4, 0.5) is 0 Å². The summed E-state index contributed by atoms with van der Waals surface area (Å²) in [5, 5.41) is 3.66. The molecule has 1 aliphatic rings. The van der Waals surface area contributed by atoms with Crippen LogP contribution in [0.1, 0.15) is 0 Å². The van der Waals surface area contributed by atoms with E-state index in [4.69, 9.17) is 4.98 Å². The van der Waals surface area contributed by atoms with Crippen LogP contribution in [0, 0.1) is 0 Å². The fourth-order valence-electron chi connectivity index (χ4n) is 7.60. The van der Waals surface area contributed by atoms with Gasteiger partial charge in [0, 0.05) is 32.9 Å². The standard InChI is InChI=1S/C40H25BN4/c1-3-10-26(11-4-1)28-18-20-30-31-21-19-29(27-12-5-2-6-13-27)23-37(31)45(36(30)22-28)41-33-15-7-8-17-35(33)44-38-24-42-25-43-39(38)32-14-9-16-34(41)40(32)44/h1-25H. The molecule has 0 radical (unpaired) electrons. The second-order valence-corrected chi connectivity index (χ2v) is 11.9. The van der Waals surface area contributed by atoms with Crippen molar-refractivity contribution in [2.75, 3.05) is 0 Å². The molecule has 0 unspecified atom stereocenters. The molecule has 10 rings (SSSR count). The van der Waals surface area contributed by atoms with Crippen LogP contribution in [0.3, 0.4) is 0 Å². The van der Waals surface area contributed by atoms with Crippen molar-refractivity contribution in [3.63, 3.8) is 0 Å². The molecule has 0 saturated heterocycles. The summed E-state index contributed by atoms with van der Waals surface area (Å²) in [5.41, 5.74) is 14.2. The molecule has 0 bridgehead atoms. The second kappa shape index (κ2) is 9.28. The van der Waals surface area contributed by atoms with Gasteiger partial charge in [-0.15, -0.1) is 0 Å². The summed E-state index contributed by atoms with van der Waals surface area (Å²) >= 11 is 0. The lowest BCUT2D eigenvalue weighted by Crippen LogP contribution is -2.53. The Morgan fingerprint density at radius 2 is 1.11 bits per heavy atom. The van der Waals surface area contributed by atoms with Crippen molar-refractivity contribution in [2.24, 2.45) is 0 Å². The molecule has 6 aromatic carbocycles. The first-order valence-electron chi connectivity index (χ1n) is 15.4. The molecule has 9 aromatic rings. The highest BCUT2D eigenvalue weighted by atomic mass is 15.0. The molecule has 5 heteroatoms. The minimum atomic E-state index is -0.0493. The molecule has 0 atom stereocenters. The number of hydrogen-bond donors (Lipinski definition) is 0. The van der Waals surface area contributed by atoms with E-state index < -0.39 is 0 Å². The van der Waals surface area contributed by atoms with Gasteiger partial charge in [0.15, 0.2) is 0 Å². The van der Waals surface area contributed by atoms with Crippen molar-refractivity contribution in [3.05, 3.63) is 152 Å². The van der Waals surface area contributed by atoms with Gasteiger partial charge in [-0.25, -0.2) is 9.97 Å². The summed E-state index contributed by atoms with van der Waals surface area (Å²) < 4.78 is 4.95. The Hall–Kier alpha value is -5.94. The third-order valence-electron chi connectivity index (χ3n) is 9.52. The molecule has 0 amide bonds. The van der Waals surface area contributed by atoms with Crippen molar-refractivity contribution in [1.82, 2.24) is 19.0 Å². The minimum Gasteiger partial charge on any atom is -0.376 e. The van der Waals surface area contributed by atoms with Crippen LogP contribution in [0.2, 0.25) is 0 Å². The third-order valence-corrected chi connectivity index (χ3v) is 9.52. The van der Waals surface area contributed by atoms with Gasteiger partial charge < -0.3 is 9.05 Å². The molecule has 45 heavy (non-hydrogen) atoms. The SMILES string of the molecule is c1ccc(-c2ccc3c4ccc(-c5ccccc5)cc4n(B4c5ccccc5-n5c6cncnc6c6cccc4c65)c3c2)cc1. The van der Waals surface area contributed by atoms with Crippen LogP contribution < -0.4 is 10.9 Å². The van der Waals surface area contributed by atoms with Gasteiger partial charge in [-0.2, -0.15) is 0 Å². The maximum absolute atomic E-state index is 4.76. The van der Waals surface area contributed by atoms with Gasteiger partial charge >= 0.3 is 6.85 Å².